The number of anilines is 3. The van der Waals surface area contributed by atoms with Crippen LogP contribution in [0.3, 0.4) is 0 Å². The monoisotopic (exact) mass is 283 g/mol. The molecule has 0 spiro atoms. The Kier molecular flexibility index (Phi) is 3.82. The van der Waals surface area contributed by atoms with Gasteiger partial charge in [-0.25, -0.2) is 4.98 Å². The first-order chi connectivity index (χ1) is 8.54. The summed E-state index contributed by atoms with van der Waals surface area (Å²) in [5.41, 5.74) is 11.2. The van der Waals surface area contributed by atoms with Crippen molar-refractivity contribution in [2.75, 3.05) is 30.5 Å². The third-order valence-corrected chi connectivity index (χ3v) is 3.95. The van der Waals surface area contributed by atoms with Crippen LogP contribution in [0.25, 0.3) is 0 Å². The lowest BCUT2D eigenvalue weighted by Crippen LogP contribution is -2.15. The fourth-order valence-electron chi connectivity index (χ4n) is 1.16. The van der Waals surface area contributed by atoms with Gasteiger partial charge in [0.1, 0.15) is 5.82 Å². The van der Waals surface area contributed by atoms with Gasteiger partial charge in [0, 0.05) is 14.1 Å². The van der Waals surface area contributed by atoms with Gasteiger partial charge < -0.3 is 16.4 Å². The molecule has 0 amide bonds. The third kappa shape index (κ3) is 3.20. The fourth-order valence-corrected chi connectivity index (χ4v) is 2.78. The van der Waals surface area contributed by atoms with Crippen molar-refractivity contribution in [2.24, 2.45) is 0 Å². The number of nitrogens with two attached hydrogens (primary N) is 2. The minimum Gasteiger partial charge on any atom is -0.375 e. The summed E-state index contributed by atoms with van der Waals surface area (Å²) in [6.45, 7) is 0. The van der Waals surface area contributed by atoms with Crippen LogP contribution >= 0.6 is 23.1 Å². The second-order valence-corrected chi connectivity index (χ2v) is 5.95. The van der Waals surface area contributed by atoms with Gasteiger partial charge in [-0.05, 0) is 0 Å². The SMILES string of the molecule is CN(C)c1nc(N)nc(CSc2cnc(N)s2)n1. The molecule has 0 atom stereocenters. The van der Waals surface area contributed by atoms with E-state index in [2.05, 4.69) is 19.9 Å². The average Bonchev–Trinajstić information content (AvgIpc) is 2.72. The number of hydrogen-bond acceptors (Lipinski definition) is 9. The summed E-state index contributed by atoms with van der Waals surface area (Å²) in [6, 6.07) is 0. The van der Waals surface area contributed by atoms with Gasteiger partial charge >= 0.3 is 0 Å². The van der Waals surface area contributed by atoms with Gasteiger partial charge in [0.05, 0.1) is 16.2 Å². The van der Waals surface area contributed by atoms with Crippen LogP contribution in [0, 0.1) is 0 Å². The van der Waals surface area contributed by atoms with Gasteiger partial charge in [0.2, 0.25) is 11.9 Å². The Morgan fingerprint density at radius 1 is 1.28 bits per heavy atom. The van der Waals surface area contributed by atoms with E-state index in [0.717, 1.165) is 4.21 Å². The normalized spacial score (nSPS) is 10.6. The lowest BCUT2D eigenvalue weighted by molar-refractivity contribution is 0.919. The molecule has 0 bridgehead atoms. The van der Waals surface area contributed by atoms with E-state index in [9.17, 15) is 0 Å². The molecule has 4 N–H and O–H groups in total. The second-order valence-electron chi connectivity index (χ2n) is 3.61. The number of thioether (sulfide) groups is 1. The van der Waals surface area contributed by atoms with Crippen molar-refractivity contribution in [2.45, 2.75) is 9.96 Å². The molecule has 96 valence electrons. The molecular weight excluding hydrogens is 270 g/mol. The largest absolute Gasteiger partial charge is 0.375 e. The zero-order valence-electron chi connectivity index (χ0n) is 9.99. The number of aromatic nitrogens is 4. The summed E-state index contributed by atoms with van der Waals surface area (Å²) in [4.78, 5) is 18.2. The molecule has 7 nitrogen and oxygen atoms in total. The van der Waals surface area contributed by atoms with E-state index in [-0.39, 0.29) is 5.95 Å². The zero-order chi connectivity index (χ0) is 13.1. The van der Waals surface area contributed by atoms with E-state index in [0.29, 0.717) is 22.7 Å². The minimum absolute atomic E-state index is 0.230. The summed E-state index contributed by atoms with van der Waals surface area (Å²) in [5.74, 6) is 2.04. The molecule has 2 aromatic rings. The topological polar surface area (TPSA) is 107 Å². The van der Waals surface area contributed by atoms with E-state index in [4.69, 9.17) is 11.5 Å². The summed E-state index contributed by atoms with van der Waals surface area (Å²) >= 11 is 3.01. The minimum atomic E-state index is 0.230. The molecule has 0 unspecified atom stereocenters. The summed E-state index contributed by atoms with van der Waals surface area (Å²) in [5, 5.41) is 0.557. The molecule has 0 aromatic carbocycles. The van der Waals surface area contributed by atoms with Gasteiger partial charge in [-0.2, -0.15) is 15.0 Å². The Morgan fingerprint density at radius 3 is 2.67 bits per heavy atom. The van der Waals surface area contributed by atoms with Crippen LogP contribution in [0.5, 0.6) is 0 Å². The van der Waals surface area contributed by atoms with Crippen LogP contribution in [0.1, 0.15) is 5.82 Å². The predicted molar refractivity (Wildman–Crippen MR) is 74.7 cm³/mol. The van der Waals surface area contributed by atoms with E-state index in [1.165, 1.54) is 11.3 Å². The smallest absolute Gasteiger partial charge is 0.229 e. The summed E-state index contributed by atoms with van der Waals surface area (Å²) < 4.78 is 1.03. The van der Waals surface area contributed by atoms with E-state index < -0.39 is 0 Å². The average molecular weight is 283 g/mol. The number of rotatable bonds is 4. The highest BCUT2D eigenvalue weighted by atomic mass is 32.2. The van der Waals surface area contributed by atoms with E-state index >= 15 is 0 Å². The van der Waals surface area contributed by atoms with Crippen LogP contribution in [0.2, 0.25) is 0 Å². The van der Waals surface area contributed by atoms with Gasteiger partial charge in [-0.15, -0.1) is 11.8 Å². The number of thiazole rings is 1. The summed E-state index contributed by atoms with van der Waals surface area (Å²) in [7, 11) is 3.71. The Labute approximate surface area is 113 Å². The molecule has 9 heteroatoms. The van der Waals surface area contributed by atoms with Crippen molar-refractivity contribution in [3.63, 3.8) is 0 Å². The fraction of sp³-hybridized carbons (Fsp3) is 0.333. The van der Waals surface area contributed by atoms with Crippen LogP contribution in [0.4, 0.5) is 17.0 Å². The number of hydrogen-bond donors (Lipinski definition) is 2. The Morgan fingerprint density at radius 2 is 2.06 bits per heavy atom. The van der Waals surface area contributed by atoms with Crippen LogP contribution in [-0.4, -0.2) is 34.0 Å². The van der Waals surface area contributed by atoms with Crippen molar-refractivity contribution in [1.29, 1.82) is 0 Å². The van der Waals surface area contributed by atoms with Crippen LogP contribution in [-0.2, 0) is 5.75 Å². The number of nitrogen functional groups attached to an aromatic ring is 2. The zero-order valence-corrected chi connectivity index (χ0v) is 11.6. The van der Waals surface area contributed by atoms with Gasteiger partial charge in [0.25, 0.3) is 0 Å². The highest BCUT2D eigenvalue weighted by Gasteiger charge is 2.07. The maximum absolute atomic E-state index is 5.64. The molecule has 0 radical (unpaired) electrons. The third-order valence-electron chi connectivity index (χ3n) is 1.93. The van der Waals surface area contributed by atoms with Crippen molar-refractivity contribution >= 4 is 40.1 Å². The Hall–Kier alpha value is -1.61. The van der Waals surface area contributed by atoms with Crippen LogP contribution in [0.15, 0.2) is 10.4 Å². The first-order valence-electron chi connectivity index (χ1n) is 5.06. The van der Waals surface area contributed by atoms with Crippen molar-refractivity contribution in [1.82, 2.24) is 19.9 Å². The highest BCUT2D eigenvalue weighted by Crippen LogP contribution is 2.28. The second kappa shape index (κ2) is 5.36. The van der Waals surface area contributed by atoms with Crippen molar-refractivity contribution in [3.8, 4) is 0 Å². The quantitative estimate of drug-likeness (QED) is 0.795. The molecule has 0 saturated carbocycles. The molecule has 2 aromatic heterocycles. The molecule has 0 aliphatic carbocycles. The van der Waals surface area contributed by atoms with E-state index in [1.807, 2.05) is 14.1 Å². The first kappa shape index (κ1) is 12.8. The first-order valence-corrected chi connectivity index (χ1v) is 6.86. The predicted octanol–water partition coefficient (Wildman–Crippen LogP) is 0.851. The van der Waals surface area contributed by atoms with Gasteiger partial charge in [-0.3, -0.25) is 0 Å². The standard InChI is InChI=1S/C9H13N7S2/c1-16(2)9-14-5(13-7(10)15-9)4-17-6-3-12-8(11)18-6/h3H,4H2,1-2H3,(H2,11,12)(H2,10,13,14,15). The Bertz CT molecular complexity index is 539. The molecule has 2 heterocycles. The molecule has 18 heavy (non-hydrogen) atoms. The lowest BCUT2D eigenvalue weighted by Gasteiger charge is -2.10. The molecule has 0 aliphatic heterocycles. The van der Waals surface area contributed by atoms with Crippen LogP contribution < -0.4 is 16.4 Å². The maximum atomic E-state index is 5.64. The van der Waals surface area contributed by atoms with E-state index in [1.54, 1.807) is 22.9 Å². The lowest BCUT2D eigenvalue weighted by atomic mass is 10.6. The highest BCUT2D eigenvalue weighted by molar-refractivity contribution is 8.00. The number of nitrogens with zero attached hydrogens (tertiary/aromatic N) is 5. The molecule has 2 rings (SSSR count). The molecule has 0 saturated heterocycles. The van der Waals surface area contributed by atoms with Crippen molar-refractivity contribution in [3.05, 3.63) is 12.0 Å². The molecular formula is C9H13N7S2. The van der Waals surface area contributed by atoms with Gasteiger partial charge in [-0.1, -0.05) is 11.3 Å². The summed E-state index contributed by atoms with van der Waals surface area (Å²) in [6.07, 6.45) is 1.74. The molecule has 0 aliphatic rings. The van der Waals surface area contributed by atoms with Crippen molar-refractivity contribution < 1.29 is 0 Å². The molecule has 0 fully saturated rings. The van der Waals surface area contributed by atoms with Gasteiger partial charge in [0.15, 0.2) is 5.13 Å². The Balaban J connectivity index is 2.09. The maximum Gasteiger partial charge on any atom is 0.229 e.